The van der Waals surface area contributed by atoms with Crippen LogP contribution in [0.15, 0.2) is 24.3 Å². The monoisotopic (exact) mass is 233 g/mol. The van der Waals surface area contributed by atoms with Crippen LogP contribution in [0.25, 0.3) is 0 Å². The molecule has 1 fully saturated rings. The lowest BCUT2D eigenvalue weighted by Gasteiger charge is -2.18. The van der Waals surface area contributed by atoms with Crippen molar-refractivity contribution in [3.05, 3.63) is 29.8 Å². The molecule has 0 amide bonds. The Morgan fingerprint density at radius 3 is 2.82 bits per heavy atom. The third-order valence-electron chi connectivity index (χ3n) is 3.91. The highest BCUT2D eigenvalue weighted by atomic mass is 16.5. The van der Waals surface area contributed by atoms with Crippen molar-refractivity contribution in [2.75, 3.05) is 7.11 Å². The van der Waals surface area contributed by atoms with E-state index >= 15 is 0 Å². The molecule has 1 aliphatic rings. The SMILES string of the molecule is COc1cccc(CCC(N)C2CCCC2)c1. The van der Waals surface area contributed by atoms with Crippen molar-refractivity contribution in [1.82, 2.24) is 0 Å². The average Bonchev–Trinajstić information content (AvgIpc) is 2.90. The van der Waals surface area contributed by atoms with Gasteiger partial charge in [-0.05, 0) is 49.3 Å². The zero-order chi connectivity index (χ0) is 12.1. The first-order chi connectivity index (χ1) is 8.29. The van der Waals surface area contributed by atoms with Crippen LogP contribution in [0.5, 0.6) is 5.75 Å². The molecule has 0 heterocycles. The summed E-state index contributed by atoms with van der Waals surface area (Å²) in [6.07, 6.45) is 7.57. The Bertz CT molecular complexity index is 345. The van der Waals surface area contributed by atoms with E-state index in [1.54, 1.807) is 7.11 Å². The predicted octanol–water partition coefficient (Wildman–Crippen LogP) is 3.15. The number of benzene rings is 1. The van der Waals surface area contributed by atoms with Gasteiger partial charge in [0.1, 0.15) is 5.75 Å². The van der Waals surface area contributed by atoms with Gasteiger partial charge in [-0.15, -0.1) is 0 Å². The Morgan fingerprint density at radius 2 is 2.12 bits per heavy atom. The fraction of sp³-hybridized carbons (Fsp3) is 0.600. The van der Waals surface area contributed by atoms with Crippen molar-refractivity contribution in [2.24, 2.45) is 11.7 Å². The molecular formula is C15H23NO. The van der Waals surface area contributed by atoms with Gasteiger partial charge < -0.3 is 10.5 Å². The predicted molar refractivity (Wildman–Crippen MR) is 71.2 cm³/mol. The van der Waals surface area contributed by atoms with E-state index in [4.69, 9.17) is 10.5 Å². The van der Waals surface area contributed by atoms with Crippen molar-refractivity contribution in [1.29, 1.82) is 0 Å². The Labute approximate surface area is 104 Å². The number of hydrogen-bond acceptors (Lipinski definition) is 2. The van der Waals surface area contributed by atoms with Crippen LogP contribution in [0, 0.1) is 5.92 Å². The first kappa shape index (κ1) is 12.4. The number of ether oxygens (including phenoxy) is 1. The second-order valence-electron chi connectivity index (χ2n) is 5.10. The van der Waals surface area contributed by atoms with Crippen molar-refractivity contribution in [3.63, 3.8) is 0 Å². The Balaban J connectivity index is 1.83. The summed E-state index contributed by atoms with van der Waals surface area (Å²) in [6.45, 7) is 0. The Kier molecular flexibility index (Phi) is 4.43. The first-order valence-corrected chi connectivity index (χ1v) is 6.68. The molecule has 17 heavy (non-hydrogen) atoms. The number of methoxy groups -OCH3 is 1. The van der Waals surface area contributed by atoms with Gasteiger partial charge in [0.25, 0.3) is 0 Å². The van der Waals surface area contributed by atoms with Crippen molar-refractivity contribution in [2.45, 2.75) is 44.6 Å². The van der Waals surface area contributed by atoms with Crippen LogP contribution in [0.4, 0.5) is 0 Å². The average molecular weight is 233 g/mol. The lowest BCUT2D eigenvalue weighted by atomic mass is 9.93. The van der Waals surface area contributed by atoms with Gasteiger partial charge in [-0.1, -0.05) is 25.0 Å². The second-order valence-corrected chi connectivity index (χ2v) is 5.10. The van der Waals surface area contributed by atoms with Gasteiger partial charge in [0.2, 0.25) is 0 Å². The minimum atomic E-state index is 0.378. The van der Waals surface area contributed by atoms with Crippen LogP contribution in [-0.2, 0) is 6.42 Å². The maximum Gasteiger partial charge on any atom is 0.119 e. The van der Waals surface area contributed by atoms with E-state index < -0.39 is 0 Å². The molecule has 2 heteroatoms. The Morgan fingerprint density at radius 1 is 1.35 bits per heavy atom. The lowest BCUT2D eigenvalue weighted by molar-refractivity contribution is 0.406. The van der Waals surface area contributed by atoms with Gasteiger partial charge in [-0.2, -0.15) is 0 Å². The molecule has 2 N–H and O–H groups in total. The molecule has 1 unspecified atom stereocenters. The van der Waals surface area contributed by atoms with E-state index in [1.807, 2.05) is 6.07 Å². The summed E-state index contributed by atoms with van der Waals surface area (Å²) in [5.41, 5.74) is 7.60. The van der Waals surface area contributed by atoms with Crippen molar-refractivity contribution < 1.29 is 4.74 Å². The number of rotatable bonds is 5. The van der Waals surface area contributed by atoms with Gasteiger partial charge >= 0.3 is 0 Å². The summed E-state index contributed by atoms with van der Waals surface area (Å²) in [5, 5.41) is 0. The van der Waals surface area contributed by atoms with Crippen LogP contribution in [0.1, 0.15) is 37.7 Å². The van der Waals surface area contributed by atoms with Crippen LogP contribution in [0.2, 0.25) is 0 Å². The molecule has 2 rings (SSSR count). The Hall–Kier alpha value is -1.02. The molecule has 2 nitrogen and oxygen atoms in total. The largest absolute Gasteiger partial charge is 0.497 e. The molecule has 0 bridgehead atoms. The molecule has 0 spiro atoms. The van der Waals surface area contributed by atoms with E-state index in [2.05, 4.69) is 18.2 Å². The van der Waals surface area contributed by atoms with Gasteiger partial charge in [-0.3, -0.25) is 0 Å². The molecule has 1 atom stereocenters. The molecule has 1 aromatic carbocycles. The summed E-state index contributed by atoms with van der Waals surface area (Å²) in [7, 11) is 1.71. The molecule has 0 radical (unpaired) electrons. The first-order valence-electron chi connectivity index (χ1n) is 6.68. The molecule has 1 aromatic rings. The molecule has 0 aliphatic heterocycles. The minimum Gasteiger partial charge on any atom is -0.497 e. The van der Waals surface area contributed by atoms with E-state index in [0.717, 1.165) is 24.5 Å². The maximum absolute atomic E-state index is 6.27. The van der Waals surface area contributed by atoms with E-state index in [0.29, 0.717) is 6.04 Å². The van der Waals surface area contributed by atoms with Gasteiger partial charge in [0.05, 0.1) is 7.11 Å². The second kappa shape index (κ2) is 6.06. The number of aryl methyl sites for hydroxylation is 1. The summed E-state index contributed by atoms with van der Waals surface area (Å²) in [6, 6.07) is 8.68. The summed E-state index contributed by atoms with van der Waals surface area (Å²) in [4.78, 5) is 0. The maximum atomic E-state index is 6.27. The summed E-state index contributed by atoms with van der Waals surface area (Å²) >= 11 is 0. The molecule has 0 aromatic heterocycles. The van der Waals surface area contributed by atoms with Crippen LogP contribution >= 0.6 is 0 Å². The quantitative estimate of drug-likeness (QED) is 0.848. The van der Waals surface area contributed by atoms with Crippen LogP contribution in [0.3, 0.4) is 0 Å². The number of hydrogen-bond donors (Lipinski definition) is 1. The van der Waals surface area contributed by atoms with Crippen molar-refractivity contribution in [3.8, 4) is 5.75 Å². The highest BCUT2D eigenvalue weighted by molar-refractivity contribution is 5.28. The molecule has 94 valence electrons. The van der Waals surface area contributed by atoms with Gasteiger partial charge in [0, 0.05) is 6.04 Å². The third-order valence-corrected chi connectivity index (χ3v) is 3.91. The highest BCUT2D eigenvalue weighted by Crippen LogP contribution is 2.28. The molecule has 1 saturated carbocycles. The number of nitrogens with two attached hydrogens (primary N) is 1. The van der Waals surface area contributed by atoms with Crippen LogP contribution in [-0.4, -0.2) is 13.2 Å². The van der Waals surface area contributed by atoms with Crippen molar-refractivity contribution >= 4 is 0 Å². The fourth-order valence-corrected chi connectivity index (χ4v) is 2.78. The smallest absolute Gasteiger partial charge is 0.119 e. The normalized spacial score (nSPS) is 18.2. The van der Waals surface area contributed by atoms with Gasteiger partial charge in [-0.25, -0.2) is 0 Å². The van der Waals surface area contributed by atoms with E-state index in [9.17, 15) is 0 Å². The zero-order valence-corrected chi connectivity index (χ0v) is 10.7. The highest BCUT2D eigenvalue weighted by Gasteiger charge is 2.21. The minimum absolute atomic E-state index is 0.378. The molecular weight excluding hydrogens is 210 g/mol. The van der Waals surface area contributed by atoms with E-state index in [1.165, 1.54) is 31.2 Å². The third kappa shape index (κ3) is 3.47. The molecule has 0 saturated heterocycles. The summed E-state index contributed by atoms with van der Waals surface area (Å²) < 4.78 is 5.23. The van der Waals surface area contributed by atoms with E-state index in [-0.39, 0.29) is 0 Å². The van der Waals surface area contributed by atoms with Gasteiger partial charge in [0.15, 0.2) is 0 Å². The summed E-state index contributed by atoms with van der Waals surface area (Å²) in [5.74, 6) is 1.71. The fourth-order valence-electron chi connectivity index (χ4n) is 2.78. The standard InChI is InChI=1S/C15H23NO/c1-17-14-8-4-5-12(11-14)9-10-15(16)13-6-2-3-7-13/h4-5,8,11,13,15H,2-3,6-7,9-10,16H2,1H3. The lowest BCUT2D eigenvalue weighted by Crippen LogP contribution is -2.28. The zero-order valence-electron chi connectivity index (χ0n) is 10.7. The molecule has 1 aliphatic carbocycles. The topological polar surface area (TPSA) is 35.2 Å². The van der Waals surface area contributed by atoms with Crippen LogP contribution < -0.4 is 10.5 Å².